The van der Waals surface area contributed by atoms with Crippen LogP contribution in [0.4, 0.5) is 5.69 Å². The Bertz CT molecular complexity index is 595. The molecule has 0 aliphatic heterocycles. The lowest BCUT2D eigenvalue weighted by Gasteiger charge is -2.25. The summed E-state index contributed by atoms with van der Waals surface area (Å²) in [5.41, 5.74) is 0.650. The van der Waals surface area contributed by atoms with E-state index in [4.69, 9.17) is 14.7 Å². The number of rotatable bonds is 9. The molecule has 1 aromatic carbocycles. The monoisotopic (exact) mass is 330 g/mol. The first-order valence-electron chi connectivity index (χ1n) is 7.67. The van der Waals surface area contributed by atoms with Crippen molar-refractivity contribution in [3.8, 4) is 6.07 Å². The van der Waals surface area contributed by atoms with Gasteiger partial charge < -0.3 is 14.4 Å². The third kappa shape index (κ3) is 5.86. The summed E-state index contributed by atoms with van der Waals surface area (Å²) in [6, 6.07) is 11.0. The van der Waals surface area contributed by atoms with E-state index in [1.807, 2.05) is 12.1 Å². The molecule has 0 bridgehead atoms. The Morgan fingerprint density at radius 3 is 2.54 bits per heavy atom. The van der Waals surface area contributed by atoms with Crippen molar-refractivity contribution in [2.45, 2.75) is 32.5 Å². The van der Waals surface area contributed by atoms with Gasteiger partial charge in [-0.3, -0.25) is 4.79 Å². The maximum absolute atomic E-state index is 12.6. The number of para-hydroxylation sites is 1. The molecular weight excluding hydrogens is 308 g/mol. The molecule has 0 spiro atoms. The number of carbonyl (C=O) groups excluding carboxylic acids is 2. The second-order valence-corrected chi connectivity index (χ2v) is 5.08. The summed E-state index contributed by atoms with van der Waals surface area (Å²) in [5, 5.41) is 8.79. The molecule has 6 heteroatoms. The molecule has 128 valence electrons. The molecule has 24 heavy (non-hydrogen) atoms. The summed E-state index contributed by atoms with van der Waals surface area (Å²) >= 11 is 0. The molecule has 0 fully saturated rings. The van der Waals surface area contributed by atoms with E-state index in [0.717, 1.165) is 0 Å². The lowest BCUT2D eigenvalue weighted by Crippen LogP contribution is -2.42. The number of carbonyl (C=O) groups is 2. The van der Waals surface area contributed by atoms with Gasteiger partial charge in [0.15, 0.2) is 12.2 Å². The Labute approximate surface area is 142 Å². The zero-order valence-corrected chi connectivity index (χ0v) is 14.0. The Kier molecular flexibility index (Phi) is 8.23. The molecule has 0 N–H and O–H groups in total. The van der Waals surface area contributed by atoms with Crippen LogP contribution in [0.15, 0.2) is 43.0 Å². The third-order valence-corrected chi connectivity index (χ3v) is 3.22. The number of esters is 1. The zero-order valence-electron chi connectivity index (χ0n) is 14.0. The van der Waals surface area contributed by atoms with Crippen LogP contribution in [-0.2, 0) is 19.1 Å². The maximum atomic E-state index is 12.6. The molecule has 6 nitrogen and oxygen atoms in total. The van der Waals surface area contributed by atoms with Crippen LogP contribution >= 0.6 is 0 Å². The van der Waals surface area contributed by atoms with Crippen molar-refractivity contribution in [3.05, 3.63) is 43.0 Å². The fraction of sp³-hybridized carbons (Fsp3) is 0.389. The third-order valence-electron chi connectivity index (χ3n) is 3.22. The number of amides is 1. The molecule has 0 saturated carbocycles. The van der Waals surface area contributed by atoms with Crippen molar-refractivity contribution in [2.24, 2.45) is 0 Å². The van der Waals surface area contributed by atoms with Gasteiger partial charge in [0.25, 0.3) is 5.91 Å². The van der Waals surface area contributed by atoms with E-state index in [1.54, 1.807) is 31.2 Å². The highest BCUT2D eigenvalue weighted by Gasteiger charge is 2.27. The van der Waals surface area contributed by atoms with Gasteiger partial charge in [-0.05, 0) is 26.0 Å². The molecule has 1 rings (SSSR count). The van der Waals surface area contributed by atoms with Crippen molar-refractivity contribution in [1.29, 1.82) is 5.26 Å². The predicted molar refractivity (Wildman–Crippen MR) is 90.2 cm³/mol. The number of ether oxygens (including phenoxy) is 2. The molecule has 0 saturated heterocycles. The standard InChI is InChI=1S/C18H22N2O4/c1-4-13-23-15(3)18(22)24-14(2)17(21)20(12-8-11-19)16-9-6-5-7-10-16/h4-7,9-10,14-15H,1,8,12-13H2,2-3H3. The molecule has 0 aliphatic carbocycles. The fourth-order valence-corrected chi connectivity index (χ4v) is 1.96. The van der Waals surface area contributed by atoms with E-state index in [-0.39, 0.29) is 25.5 Å². The molecule has 0 aromatic heterocycles. The summed E-state index contributed by atoms with van der Waals surface area (Å²) in [6.45, 7) is 7.00. The van der Waals surface area contributed by atoms with Gasteiger partial charge in [0.2, 0.25) is 0 Å². The van der Waals surface area contributed by atoms with Gasteiger partial charge in [0.05, 0.1) is 19.1 Å². The zero-order chi connectivity index (χ0) is 17.9. The summed E-state index contributed by atoms with van der Waals surface area (Å²) in [4.78, 5) is 26.0. The Morgan fingerprint density at radius 2 is 1.96 bits per heavy atom. The lowest BCUT2D eigenvalue weighted by molar-refractivity contribution is -0.163. The van der Waals surface area contributed by atoms with Crippen molar-refractivity contribution >= 4 is 17.6 Å². The van der Waals surface area contributed by atoms with Gasteiger partial charge in [-0.15, -0.1) is 6.58 Å². The highest BCUT2D eigenvalue weighted by molar-refractivity contribution is 5.97. The molecule has 2 unspecified atom stereocenters. The number of hydrogen-bond acceptors (Lipinski definition) is 5. The summed E-state index contributed by atoms with van der Waals surface area (Å²) in [5.74, 6) is -1.01. The number of benzene rings is 1. The van der Waals surface area contributed by atoms with E-state index in [1.165, 1.54) is 17.9 Å². The number of nitrogens with zero attached hydrogens (tertiary/aromatic N) is 2. The first kappa shape index (κ1) is 19.4. The van der Waals surface area contributed by atoms with Crippen LogP contribution in [0.3, 0.4) is 0 Å². The minimum Gasteiger partial charge on any atom is -0.451 e. The second kappa shape index (κ2) is 10.2. The van der Waals surface area contributed by atoms with Gasteiger partial charge in [0.1, 0.15) is 0 Å². The van der Waals surface area contributed by atoms with Crippen molar-refractivity contribution < 1.29 is 19.1 Å². The largest absolute Gasteiger partial charge is 0.451 e. The van der Waals surface area contributed by atoms with Gasteiger partial charge in [-0.1, -0.05) is 24.3 Å². The highest BCUT2D eigenvalue weighted by atomic mass is 16.6. The van der Waals surface area contributed by atoms with Gasteiger partial charge >= 0.3 is 5.97 Å². The molecule has 1 aromatic rings. The van der Waals surface area contributed by atoms with Gasteiger partial charge in [0, 0.05) is 12.2 Å². The molecule has 1 amide bonds. The van der Waals surface area contributed by atoms with Crippen molar-refractivity contribution in [1.82, 2.24) is 0 Å². The van der Waals surface area contributed by atoms with E-state index in [2.05, 4.69) is 6.58 Å². The first-order chi connectivity index (χ1) is 11.5. The van der Waals surface area contributed by atoms with Crippen LogP contribution < -0.4 is 4.90 Å². The quantitative estimate of drug-likeness (QED) is 0.513. The predicted octanol–water partition coefficient (Wildman–Crippen LogP) is 2.46. The second-order valence-electron chi connectivity index (χ2n) is 5.08. The van der Waals surface area contributed by atoms with Crippen molar-refractivity contribution in [2.75, 3.05) is 18.1 Å². The maximum Gasteiger partial charge on any atom is 0.335 e. The van der Waals surface area contributed by atoms with Crippen LogP contribution in [0.5, 0.6) is 0 Å². The average Bonchev–Trinajstić information content (AvgIpc) is 2.60. The molecule has 2 atom stereocenters. The van der Waals surface area contributed by atoms with Crippen LogP contribution in [-0.4, -0.2) is 37.2 Å². The Balaban J connectivity index is 2.77. The topological polar surface area (TPSA) is 79.6 Å². The van der Waals surface area contributed by atoms with Crippen LogP contribution in [0.25, 0.3) is 0 Å². The first-order valence-corrected chi connectivity index (χ1v) is 7.67. The highest BCUT2D eigenvalue weighted by Crippen LogP contribution is 2.16. The molecule has 0 radical (unpaired) electrons. The van der Waals surface area contributed by atoms with Gasteiger partial charge in [-0.25, -0.2) is 4.79 Å². The van der Waals surface area contributed by atoms with E-state index >= 15 is 0 Å². The molecule has 0 aliphatic rings. The van der Waals surface area contributed by atoms with Crippen LogP contribution in [0, 0.1) is 11.3 Å². The summed E-state index contributed by atoms with van der Waals surface area (Å²) in [6.07, 6.45) is -0.0638. The lowest BCUT2D eigenvalue weighted by atomic mass is 10.2. The van der Waals surface area contributed by atoms with Crippen molar-refractivity contribution in [3.63, 3.8) is 0 Å². The number of nitriles is 1. The smallest absolute Gasteiger partial charge is 0.335 e. The van der Waals surface area contributed by atoms with Crippen LogP contribution in [0.2, 0.25) is 0 Å². The fourth-order valence-electron chi connectivity index (χ4n) is 1.96. The SMILES string of the molecule is C=CCOC(C)C(=O)OC(C)C(=O)N(CCC#N)c1ccccc1. The Morgan fingerprint density at radius 1 is 1.29 bits per heavy atom. The van der Waals surface area contributed by atoms with E-state index in [0.29, 0.717) is 5.69 Å². The normalized spacial score (nSPS) is 12.5. The minimum atomic E-state index is -0.980. The number of hydrogen-bond donors (Lipinski definition) is 0. The average molecular weight is 330 g/mol. The minimum absolute atomic E-state index is 0.181. The van der Waals surface area contributed by atoms with Crippen LogP contribution in [0.1, 0.15) is 20.3 Å². The molecular formula is C18H22N2O4. The van der Waals surface area contributed by atoms with E-state index < -0.39 is 18.2 Å². The van der Waals surface area contributed by atoms with Gasteiger partial charge in [-0.2, -0.15) is 5.26 Å². The summed E-state index contributed by atoms with van der Waals surface area (Å²) < 4.78 is 10.4. The van der Waals surface area contributed by atoms with E-state index in [9.17, 15) is 9.59 Å². The number of anilines is 1. The molecule has 0 heterocycles. The Hall–Kier alpha value is -2.65. The summed E-state index contributed by atoms with van der Waals surface area (Å²) in [7, 11) is 0.